The maximum absolute atomic E-state index is 9.54. The highest BCUT2D eigenvalue weighted by molar-refractivity contribution is 5.48. The number of aryl methyl sites for hydroxylation is 1. The van der Waals surface area contributed by atoms with Gasteiger partial charge in [-0.2, -0.15) is 4.98 Å². The lowest BCUT2D eigenvalue weighted by atomic mass is 10.1. The predicted molar refractivity (Wildman–Crippen MR) is 75.7 cm³/mol. The first-order valence-corrected chi connectivity index (χ1v) is 6.28. The number of anilines is 2. The molecule has 0 aliphatic heterocycles. The van der Waals surface area contributed by atoms with E-state index in [-0.39, 0.29) is 18.6 Å². The van der Waals surface area contributed by atoms with Gasteiger partial charge in [0.15, 0.2) is 0 Å². The Morgan fingerprint density at radius 3 is 2.68 bits per heavy atom. The van der Waals surface area contributed by atoms with Crippen molar-refractivity contribution in [3.05, 3.63) is 47.7 Å². The fourth-order valence-electron chi connectivity index (χ4n) is 1.89. The van der Waals surface area contributed by atoms with E-state index in [1.807, 2.05) is 37.3 Å². The molecule has 1 aromatic heterocycles. The molecule has 2 aromatic rings. The van der Waals surface area contributed by atoms with Crippen molar-refractivity contribution in [3.63, 3.8) is 0 Å². The van der Waals surface area contributed by atoms with Gasteiger partial charge in [-0.1, -0.05) is 37.3 Å². The van der Waals surface area contributed by atoms with E-state index in [4.69, 9.17) is 5.73 Å². The quantitative estimate of drug-likeness (QED) is 0.761. The third-order valence-electron chi connectivity index (χ3n) is 2.96. The number of aliphatic hydroxyl groups excluding tert-OH is 1. The predicted octanol–water partition coefficient (Wildman–Crippen LogP) is 1.77. The van der Waals surface area contributed by atoms with Gasteiger partial charge in [0.25, 0.3) is 0 Å². The zero-order valence-electron chi connectivity index (χ0n) is 10.9. The lowest BCUT2D eigenvalue weighted by Crippen LogP contribution is -2.17. The topological polar surface area (TPSA) is 84.1 Å². The van der Waals surface area contributed by atoms with Crippen molar-refractivity contribution in [2.45, 2.75) is 19.4 Å². The Kier molecular flexibility index (Phi) is 4.30. The summed E-state index contributed by atoms with van der Waals surface area (Å²) in [7, 11) is 0. The molecular weight excluding hydrogens is 240 g/mol. The van der Waals surface area contributed by atoms with Crippen molar-refractivity contribution >= 4 is 11.8 Å². The van der Waals surface area contributed by atoms with Gasteiger partial charge >= 0.3 is 0 Å². The van der Waals surface area contributed by atoms with E-state index in [9.17, 15) is 5.11 Å². The van der Waals surface area contributed by atoms with Crippen LogP contribution in [0.3, 0.4) is 0 Å². The Hall–Kier alpha value is -2.14. The average Bonchev–Trinajstić information content (AvgIpc) is 2.46. The Bertz CT molecular complexity index is 530. The lowest BCUT2D eigenvalue weighted by molar-refractivity contribution is 0.276. The summed E-state index contributed by atoms with van der Waals surface area (Å²) in [5, 5.41) is 12.8. The average molecular weight is 258 g/mol. The summed E-state index contributed by atoms with van der Waals surface area (Å²) in [6.45, 7) is 2.01. The van der Waals surface area contributed by atoms with Gasteiger partial charge in [0.05, 0.1) is 12.6 Å². The molecule has 0 spiro atoms. The Balaban J connectivity index is 2.26. The van der Waals surface area contributed by atoms with Crippen LogP contribution in [0.1, 0.15) is 24.1 Å². The van der Waals surface area contributed by atoms with Crippen LogP contribution in [0.4, 0.5) is 11.8 Å². The highest BCUT2D eigenvalue weighted by Crippen LogP contribution is 2.21. The number of nitrogens with two attached hydrogens (primary N) is 1. The molecule has 100 valence electrons. The maximum Gasteiger partial charge on any atom is 0.221 e. The Morgan fingerprint density at radius 2 is 2.05 bits per heavy atom. The van der Waals surface area contributed by atoms with Crippen LogP contribution < -0.4 is 11.1 Å². The van der Waals surface area contributed by atoms with Gasteiger partial charge in [-0.15, -0.1) is 0 Å². The molecule has 1 heterocycles. The largest absolute Gasteiger partial charge is 0.394 e. The van der Waals surface area contributed by atoms with Gasteiger partial charge < -0.3 is 16.2 Å². The van der Waals surface area contributed by atoms with Gasteiger partial charge in [0.1, 0.15) is 5.82 Å². The first-order valence-electron chi connectivity index (χ1n) is 6.28. The summed E-state index contributed by atoms with van der Waals surface area (Å²) >= 11 is 0. The van der Waals surface area contributed by atoms with E-state index in [2.05, 4.69) is 15.3 Å². The number of nitrogens with one attached hydrogen (secondary N) is 1. The molecular formula is C14H18N4O. The molecule has 5 heteroatoms. The van der Waals surface area contributed by atoms with E-state index in [1.165, 1.54) is 0 Å². The first-order chi connectivity index (χ1) is 9.24. The number of hydrogen-bond donors (Lipinski definition) is 3. The zero-order valence-corrected chi connectivity index (χ0v) is 10.9. The maximum atomic E-state index is 9.54. The fourth-order valence-corrected chi connectivity index (χ4v) is 1.89. The molecule has 0 saturated carbocycles. The smallest absolute Gasteiger partial charge is 0.221 e. The van der Waals surface area contributed by atoms with Crippen LogP contribution >= 0.6 is 0 Å². The van der Waals surface area contributed by atoms with Crippen molar-refractivity contribution in [2.24, 2.45) is 0 Å². The van der Waals surface area contributed by atoms with Crippen molar-refractivity contribution in [2.75, 3.05) is 17.7 Å². The Morgan fingerprint density at radius 1 is 1.32 bits per heavy atom. The molecule has 0 amide bonds. The van der Waals surface area contributed by atoms with E-state index in [0.717, 1.165) is 17.5 Å². The highest BCUT2D eigenvalue weighted by Gasteiger charge is 2.13. The fraction of sp³-hybridized carbons (Fsp3) is 0.286. The molecule has 19 heavy (non-hydrogen) atoms. The normalized spacial score (nSPS) is 12.1. The molecule has 1 aromatic carbocycles. The van der Waals surface area contributed by atoms with Gasteiger partial charge in [-0.25, -0.2) is 4.98 Å². The number of nitrogens with zero attached hydrogens (tertiary/aromatic N) is 2. The highest BCUT2D eigenvalue weighted by atomic mass is 16.3. The number of rotatable bonds is 5. The summed E-state index contributed by atoms with van der Waals surface area (Å²) in [5.41, 5.74) is 7.59. The molecule has 0 aliphatic rings. The van der Waals surface area contributed by atoms with Crippen LogP contribution in [0.2, 0.25) is 0 Å². The second-order valence-corrected chi connectivity index (χ2v) is 4.25. The first kappa shape index (κ1) is 13.3. The molecule has 0 saturated heterocycles. The van der Waals surface area contributed by atoms with Crippen LogP contribution in [-0.2, 0) is 6.42 Å². The molecule has 0 radical (unpaired) electrons. The second-order valence-electron chi connectivity index (χ2n) is 4.25. The van der Waals surface area contributed by atoms with E-state index < -0.39 is 0 Å². The molecule has 0 unspecified atom stereocenters. The molecule has 0 bridgehead atoms. The molecule has 0 aliphatic carbocycles. The summed E-state index contributed by atoms with van der Waals surface area (Å²) < 4.78 is 0. The van der Waals surface area contributed by atoms with Crippen molar-refractivity contribution in [1.29, 1.82) is 0 Å². The van der Waals surface area contributed by atoms with Gasteiger partial charge in [-0.3, -0.25) is 0 Å². The zero-order chi connectivity index (χ0) is 13.7. The van der Waals surface area contributed by atoms with Crippen molar-refractivity contribution < 1.29 is 5.11 Å². The standard InChI is InChI=1S/C14H18N4O/c1-2-10-8-16-14(15)18-13(10)17-12(9-19)11-6-4-3-5-7-11/h3-8,12,19H,2,9H2,1H3,(H3,15,16,17,18)/t12-/m0/s1. The SMILES string of the molecule is CCc1cnc(N)nc1N[C@@H](CO)c1ccccc1. The van der Waals surface area contributed by atoms with Crippen LogP contribution in [0, 0.1) is 0 Å². The summed E-state index contributed by atoms with van der Waals surface area (Å²) in [5.74, 6) is 0.905. The molecule has 2 rings (SSSR count). The number of aromatic nitrogens is 2. The van der Waals surface area contributed by atoms with Gasteiger partial charge in [-0.05, 0) is 12.0 Å². The summed E-state index contributed by atoms with van der Waals surface area (Å²) in [4.78, 5) is 8.18. The van der Waals surface area contributed by atoms with E-state index in [0.29, 0.717) is 5.82 Å². The van der Waals surface area contributed by atoms with Crippen LogP contribution in [0.15, 0.2) is 36.5 Å². The van der Waals surface area contributed by atoms with Crippen molar-refractivity contribution in [1.82, 2.24) is 9.97 Å². The van der Waals surface area contributed by atoms with Gasteiger partial charge in [0, 0.05) is 11.8 Å². The monoisotopic (exact) mass is 258 g/mol. The van der Waals surface area contributed by atoms with Crippen LogP contribution in [0.5, 0.6) is 0 Å². The van der Waals surface area contributed by atoms with Crippen LogP contribution in [0.25, 0.3) is 0 Å². The van der Waals surface area contributed by atoms with Crippen LogP contribution in [-0.4, -0.2) is 21.7 Å². The number of aliphatic hydroxyl groups is 1. The third-order valence-corrected chi connectivity index (χ3v) is 2.96. The molecule has 0 fully saturated rings. The molecule has 1 atom stereocenters. The minimum atomic E-state index is -0.208. The molecule has 4 N–H and O–H groups in total. The minimum absolute atomic E-state index is 0.0168. The Labute approximate surface area is 112 Å². The van der Waals surface area contributed by atoms with E-state index in [1.54, 1.807) is 6.20 Å². The second kappa shape index (κ2) is 6.15. The summed E-state index contributed by atoms with van der Waals surface area (Å²) in [6.07, 6.45) is 2.51. The number of benzene rings is 1. The number of nitrogen functional groups attached to an aromatic ring is 1. The minimum Gasteiger partial charge on any atom is -0.394 e. The molecule has 5 nitrogen and oxygen atoms in total. The summed E-state index contributed by atoms with van der Waals surface area (Å²) in [6, 6.07) is 9.54. The van der Waals surface area contributed by atoms with Gasteiger partial charge in [0.2, 0.25) is 5.95 Å². The number of hydrogen-bond acceptors (Lipinski definition) is 5. The third kappa shape index (κ3) is 3.20. The van der Waals surface area contributed by atoms with E-state index >= 15 is 0 Å². The lowest BCUT2D eigenvalue weighted by Gasteiger charge is -2.19. The van der Waals surface area contributed by atoms with Crippen molar-refractivity contribution in [3.8, 4) is 0 Å².